The SMILES string of the molecule is CN(C)Cc1coc2cccc(Br)c12. The Balaban J connectivity index is 2.55. The van der Waals surface area contributed by atoms with Crippen LogP contribution in [0.15, 0.2) is 33.4 Å². The first-order valence-corrected chi connectivity index (χ1v) is 5.27. The molecule has 0 amide bonds. The van der Waals surface area contributed by atoms with Gasteiger partial charge in [0.15, 0.2) is 0 Å². The third kappa shape index (κ3) is 1.70. The topological polar surface area (TPSA) is 16.4 Å². The van der Waals surface area contributed by atoms with Crippen molar-refractivity contribution in [2.45, 2.75) is 6.54 Å². The predicted molar refractivity (Wildman–Crippen MR) is 61.3 cm³/mol. The van der Waals surface area contributed by atoms with E-state index in [9.17, 15) is 0 Å². The molecule has 2 aromatic rings. The quantitative estimate of drug-likeness (QED) is 0.817. The van der Waals surface area contributed by atoms with Gasteiger partial charge in [-0.2, -0.15) is 0 Å². The molecule has 1 aromatic carbocycles. The number of halogens is 1. The molecule has 1 heterocycles. The molecule has 3 heteroatoms. The van der Waals surface area contributed by atoms with Crippen molar-refractivity contribution in [2.75, 3.05) is 14.1 Å². The molecule has 0 aliphatic carbocycles. The van der Waals surface area contributed by atoms with Crippen LogP contribution in [0.5, 0.6) is 0 Å². The molecule has 0 bridgehead atoms. The van der Waals surface area contributed by atoms with Crippen LogP contribution in [-0.2, 0) is 6.54 Å². The smallest absolute Gasteiger partial charge is 0.135 e. The van der Waals surface area contributed by atoms with E-state index in [2.05, 4.69) is 34.9 Å². The minimum atomic E-state index is 0.898. The van der Waals surface area contributed by atoms with Crippen LogP contribution in [0, 0.1) is 0 Å². The zero-order chi connectivity index (χ0) is 10.1. The average Bonchev–Trinajstić information content (AvgIpc) is 2.49. The third-order valence-corrected chi connectivity index (χ3v) is 2.77. The first-order chi connectivity index (χ1) is 6.68. The molecule has 0 saturated heterocycles. The van der Waals surface area contributed by atoms with Crippen LogP contribution in [0.3, 0.4) is 0 Å². The Morgan fingerprint density at radius 2 is 2.14 bits per heavy atom. The Bertz CT molecular complexity index is 447. The van der Waals surface area contributed by atoms with Crippen molar-refractivity contribution in [3.63, 3.8) is 0 Å². The number of nitrogens with zero attached hydrogens (tertiary/aromatic N) is 1. The van der Waals surface area contributed by atoms with Crippen LogP contribution < -0.4 is 0 Å². The van der Waals surface area contributed by atoms with Gasteiger partial charge in [0.25, 0.3) is 0 Å². The Labute approximate surface area is 91.6 Å². The number of hydrogen-bond donors (Lipinski definition) is 0. The highest BCUT2D eigenvalue weighted by Gasteiger charge is 2.08. The van der Waals surface area contributed by atoms with Crippen molar-refractivity contribution in [3.05, 3.63) is 34.5 Å². The summed E-state index contributed by atoms with van der Waals surface area (Å²) in [5, 5.41) is 1.18. The van der Waals surface area contributed by atoms with E-state index in [4.69, 9.17) is 4.42 Å². The molecule has 1 aromatic heterocycles. The summed E-state index contributed by atoms with van der Waals surface area (Å²) >= 11 is 3.54. The number of hydrogen-bond acceptors (Lipinski definition) is 2. The van der Waals surface area contributed by atoms with Gasteiger partial charge in [-0.05, 0) is 26.2 Å². The molecule has 74 valence electrons. The molecule has 0 spiro atoms. The molecule has 0 radical (unpaired) electrons. The second-order valence-corrected chi connectivity index (χ2v) is 4.47. The summed E-state index contributed by atoms with van der Waals surface area (Å²) in [4.78, 5) is 2.13. The average molecular weight is 254 g/mol. The second-order valence-electron chi connectivity index (χ2n) is 3.61. The largest absolute Gasteiger partial charge is 0.464 e. The van der Waals surface area contributed by atoms with E-state index in [1.54, 1.807) is 0 Å². The Hall–Kier alpha value is -0.800. The van der Waals surface area contributed by atoms with E-state index < -0.39 is 0 Å². The summed E-state index contributed by atoms with van der Waals surface area (Å²) in [6, 6.07) is 6.01. The zero-order valence-corrected chi connectivity index (χ0v) is 9.84. The van der Waals surface area contributed by atoms with Crippen LogP contribution in [0.4, 0.5) is 0 Å². The molecule has 0 fully saturated rings. The second kappa shape index (κ2) is 3.75. The first kappa shape index (κ1) is 9.74. The lowest BCUT2D eigenvalue weighted by Gasteiger charge is -2.07. The molecule has 0 unspecified atom stereocenters. The van der Waals surface area contributed by atoms with Gasteiger partial charge in [-0.15, -0.1) is 0 Å². The number of rotatable bonds is 2. The standard InChI is InChI=1S/C11H12BrNO/c1-13(2)6-8-7-14-10-5-3-4-9(12)11(8)10/h3-5,7H,6H2,1-2H3. The van der Waals surface area contributed by atoms with E-state index in [1.165, 1.54) is 10.9 Å². The third-order valence-electron chi connectivity index (χ3n) is 2.11. The molecule has 0 N–H and O–H groups in total. The predicted octanol–water partition coefficient (Wildman–Crippen LogP) is 3.26. The van der Waals surface area contributed by atoms with Crippen molar-refractivity contribution in [1.29, 1.82) is 0 Å². The lowest BCUT2D eigenvalue weighted by molar-refractivity contribution is 0.401. The Morgan fingerprint density at radius 1 is 1.36 bits per heavy atom. The molecule has 0 saturated carbocycles. The van der Waals surface area contributed by atoms with Crippen LogP contribution in [-0.4, -0.2) is 19.0 Å². The van der Waals surface area contributed by atoms with Crippen molar-refractivity contribution in [3.8, 4) is 0 Å². The van der Waals surface area contributed by atoms with Crippen LogP contribution in [0.1, 0.15) is 5.56 Å². The maximum atomic E-state index is 5.47. The summed E-state index contributed by atoms with van der Waals surface area (Å²) < 4.78 is 6.57. The minimum Gasteiger partial charge on any atom is -0.464 e. The van der Waals surface area contributed by atoms with E-state index in [0.29, 0.717) is 0 Å². The highest BCUT2D eigenvalue weighted by molar-refractivity contribution is 9.10. The molecule has 2 nitrogen and oxygen atoms in total. The normalized spacial score (nSPS) is 11.4. The number of benzene rings is 1. The first-order valence-electron chi connectivity index (χ1n) is 4.48. The Kier molecular flexibility index (Phi) is 2.61. The molecule has 0 aliphatic rings. The lowest BCUT2D eigenvalue weighted by Crippen LogP contribution is -2.10. The molecular formula is C11H12BrNO. The van der Waals surface area contributed by atoms with Crippen molar-refractivity contribution < 1.29 is 4.42 Å². The number of furan rings is 1. The van der Waals surface area contributed by atoms with E-state index in [1.807, 2.05) is 24.5 Å². The van der Waals surface area contributed by atoms with Crippen LogP contribution in [0.25, 0.3) is 11.0 Å². The van der Waals surface area contributed by atoms with Gasteiger partial charge in [0.05, 0.1) is 6.26 Å². The molecule has 2 rings (SSSR count). The van der Waals surface area contributed by atoms with Gasteiger partial charge >= 0.3 is 0 Å². The summed E-state index contributed by atoms with van der Waals surface area (Å²) in [6.45, 7) is 0.898. The fourth-order valence-electron chi connectivity index (χ4n) is 1.56. The maximum Gasteiger partial charge on any atom is 0.135 e. The van der Waals surface area contributed by atoms with Crippen LogP contribution in [0.2, 0.25) is 0 Å². The summed E-state index contributed by atoms with van der Waals surface area (Å²) in [5.41, 5.74) is 2.16. The summed E-state index contributed by atoms with van der Waals surface area (Å²) in [5.74, 6) is 0. The van der Waals surface area contributed by atoms with Gasteiger partial charge in [-0.1, -0.05) is 22.0 Å². The van der Waals surface area contributed by atoms with Gasteiger partial charge in [0.1, 0.15) is 5.58 Å². The molecular weight excluding hydrogens is 242 g/mol. The van der Waals surface area contributed by atoms with E-state index in [-0.39, 0.29) is 0 Å². The van der Waals surface area contributed by atoms with E-state index >= 15 is 0 Å². The van der Waals surface area contributed by atoms with Crippen molar-refractivity contribution in [1.82, 2.24) is 4.90 Å². The fourth-order valence-corrected chi connectivity index (χ4v) is 2.17. The summed E-state index contributed by atoms with van der Waals surface area (Å²) in [6.07, 6.45) is 1.83. The number of fused-ring (bicyclic) bond motifs is 1. The molecule has 14 heavy (non-hydrogen) atoms. The van der Waals surface area contributed by atoms with Gasteiger partial charge in [-0.3, -0.25) is 0 Å². The van der Waals surface area contributed by atoms with Crippen molar-refractivity contribution >= 4 is 26.9 Å². The summed E-state index contributed by atoms with van der Waals surface area (Å²) in [7, 11) is 4.10. The van der Waals surface area contributed by atoms with Gasteiger partial charge in [0, 0.05) is 22.0 Å². The fraction of sp³-hybridized carbons (Fsp3) is 0.273. The lowest BCUT2D eigenvalue weighted by atomic mass is 10.2. The van der Waals surface area contributed by atoms with Crippen LogP contribution >= 0.6 is 15.9 Å². The van der Waals surface area contributed by atoms with Crippen molar-refractivity contribution in [2.24, 2.45) is 0 Å². The molecule has 0 atom stereocenters. The van der Waals surface area contributed by atoms with Gasteiger partial charge in [0.2, 0.25) is 0 Å². The maximum absolute atomic E-state index is 5.47. The molecule has 0 aliphatic heterocycles. The Morgan fingerprint density at radius 3 is 2.86 bits per heavy atom. The highest BCUT2D eigenvalue weighted by Crippen LogP contribution is 2.29. The minimum absolute atomic E-state index is 0.898. The van der Waals surface area contributed by atoms with Gasteiger partial charge in [-0.25, -0.2) is 0 Å². The zero-order valence-electron chi connectivity index (χ0n) is 8.25. The van der Waals surface area contributed by atoms with E-state index in [0.717, 1.165) is 16.6 Å². The monoisotopic (exact) mass is 253 g/mol. The highest BCUT2D eigenvalue weighted by atomic mass is 79.9. The van der Waals surface area contributed by atoms with Gasteiger partial charge < -0.3 is 9.32 Å².